The number of carbonyl (C=O) groups is 2. The lowest BCUT2D eigenvalue weighted by Crippen LogP contribution is -2.38. The van der Waals surface area contributed by atoms with Gasteiger partial charge in [0.25, 0.3) is 11.8 Å². The Kier molecular flexibility index (Phi) is 6.52. The number of rotatable bonds is 6. The number of imidazole rings is 1. The first-order chi connectivity index (χ1) is 13.0. The molecule has 0 aliphatic carbocycles. The van der Waals surface area contributed by atoms with E-state index in [1.807, 2.05) is 23.6 Å². The number of hydrogen-bond acceptors (Lipinski definition) is 4. The van der Waals surface area contributed by atoms with E-state index in [9.17, 15) is 9.59 Å². The molecular weight excluding hydrogens is 342 g/mol. The van der Waals surface area contributed by atoms with Gasteiger partial charge in [0, 0.05) is 26.2 Å². The number of amides is 2. The molecule has 2 amide bonds. The average molecular weight is 376 g/mol. The molecule has 7 heteroatoms. The van der Waals surface area contributed by atoms with Gasteiger partial charge < -0.3 is 19.7 Å². The summed E-state index contributed by atoms with van der Waals surface area (Å²) in [4.78, 5) is 34.3. The number of nitrogens with zero attached hydrogens (tertiary/aromatic N) is 4. The zero-order valence-corrected chi connectivity index (χ0v) is 17.0. The number of fused-ring (bicyclic) bond motifs is 1. The number of carbonyl (C=O) groups excluding carboxylic acids is 2. The van der Waals surface area contributed by atoms with Crippen molar-refractivity contribution in [3.05, 3.63) is 17.2 Å². The summed E-state index contributed by atoms with van der Waals surface area (Å²) in [5.74, 6) is 0.916. The van der Waals surface area contributed by atoms with Crippen LogP contribution in [0.5, 0.6) is 0 Å². The number of nitrogens with one attached hydrogen (secondary N) is 1. The Morgan fingerprint density at radius 1 is 1.19 bits per heavy atom. The van der Waals surface area contributed by atoms with Gasteiger partial charge in [-0.15, -0.1) is 0 Å². The van der Waals surface area contributed by atoms with Gasteiger partial charge in [0.05, 0.1) is 5.69 Å². The molecule has 1 aromatic rings. The SMILES string of the molecule is CC1CCN(C(=O)c2nc(C(=O)NCCCN(C)C)n3c2CCCC3)CC1. The van der Waals surface area contributed by atoms with Crippen LogP contribution in [0.4, 0.5) is 0 Å². The van der Waals surface area contributed by atoms with Crippen LogP contribution in [0.15, 0.2) is 0 Å². The van der Waals surface area contributed by atoms with E-state index >= 15 is 0 Å². The molecule has 0 radical (unpaired) electrons. The summed E-state index contributed by atoms with van der Waals surface area (Å²) in [5, 5.41) is 2.97. The third-order valence-electron chi connectivity index (χ3n) is 5.66. The van der Waals surface area contributed by atoms with Gasteiger partial charge >= 0.3 is 0 Å². The van der Waals surface area contributed by atoms with E-state index in [1.165, 1.54) is 0 Å². The van der Waals surface area contributed by atoms with Crippen molar-refractivity contribution in [2.75, 3.05) is 40.3 Å². The van der Waals surface area contributed by atoms with Crippen molar-refractivity contribution < 1.29 is 9.59 Å². The fourth-order valence-corrected chi connectivity index (χ4v) is 3.93. The Bertz CT molecular complexity index is 674. The summed E-state index contributed by atoms with van der Waals surface area (Å²) in [6.07, 6.45) is 5.88. The standard InChI is InChI=1S/C20H33N5O2/c1-15-8-13-24(14-9-15)20(27)17-16-7-4-5-12-25(16)18(22-17)19(26)21-10-6-11-23(2)3/h15H,4-14H2,1-3H3,(H,21,26). The molecule has 2 aliphatic heterocycles. The van der Waals surface area contributed by atoms with Crippen LogP contribution in [-0.2, 0) is 13.0 Å². The second kappa shape index (κ2) is 8.87. The maximum Gasteiger partial charge on any atom is 0.287 e. The van der Waals surface area contributed by atoms with Crippen LogP contribution in [0.2, 0.25) is 0 Å². The zero-order valence-electron chi connectivity index (χ0n) is 17.0. The van der Waals surface area contributed by atoms with Gasteiger partial charge in [-0.25, -0.2) is 4.98 Å². The predicted molar refractivity (Wildman–Crippen MR) is 105 cm³/mol. The van der Waals surface area contributed by atoms with Crippen LogP contribution < -0.4 is 5.32 Å². The molecule has 150 valence electrons. The van der Waals surface area contributed by atoms with Gasteiger partial charge in [0.1, 0.15) is 5.69 Å². The summed E-state index contributed by atoms with van der Waals surface area (Å²) < 4.78 is 1.98. The maximum absolute atomic E-state index is 13.1. The van der Waals surface area contributed by atoms with Gasteiger partial charge in [0.2, 0.25) is 0 Å². The van der Waals surface area contributed by atoms with Crippen LogP contribution in [0.25, 0.3) is 0 Å². The highest BCUT2D eigenvalue weighted by molar-refractivity contribution is 5.97. The van der Waals surface area contributed by atoms with Crippen LogP contribution in [0.3, 0.4) is 0 Å². The number of likely N-dealkylation sites (tertiary alicyclic amines) is 1. The van der Waals surface area contributed by atoms with Crippen LogP contribution in [0.1, 0.15) is 65.8 Å². The molecule has 1 fully saturated rings. The lowest BCUT2D eigenvalue weighted by molar-refractivity contribution is 0.0690. The minimum Gasteiger partial charge on any atom is -0.349 e. The molecular formula is C20H33N5O2. The first kappa shape index (κ1) is 19.9. The molecule has 0 aromatic carbocycles. The van der Waals surface area contributed by atoms with Crippen LogP contribution >= 0.6 is 0 Å². The molecule has 7 nitrogen and oxygen atoms in total. The minimum atomic E-state index is -0.164. The first-order valence-electron chi connectivity index (χ1n) is 10.3. The molecule has 2 aliphatic rings. The Balaban J connectivity index is 1.74. The summed E-state index contributed by atoms with van der Waals surface area (Å²) in [6, 6.07) is 0. The molecule has 0 atom stereocenters. The van der Waals surface area contributed by atoms with Crippen LogP contribution in [-0.4, -0.2) is 71.4 Å². The van der Waals surface area contributed by atoms with E-state index in [4.69, 9.17) is 0 Å². The van der Waals surface area contributed by atoms with Gasteiger partial charge in [-0.3, -0.25) is 9.59 Å². The summed E-state index contributed by atoms with van der Waals surface area (Å²) in [5.41, 5.74) is 1.45. The summed E-state index contributed by atoms with van der Waals surface area (Å²) in [6.45, 7) is 6.13. The van der Waals surface area contributed by atoms with Crippen molar-refractivity contribution in [1.82, 2.24) is 24.7 Å². The van der Waals surface area contributed by atoms with E-state index in [2.05, 4.69) is 22.1 Å². The van der Waals surface area contributed by atoms with Crippen molar-refractivity contribution in [1.29, 1.82) is 0 Å². The minimum absolute atomic E-state index is 0.000734. The van der Waals surface area contributed by atoms with E-state index < -0.39 is 0 Å². The van der Waals surface area contributed by atoms with E-state index in [0.29, 0.717) is 24.0 Å². The molecule has 0 saturated carbocycles. The van der Waals surface area contributed by atoms with Gasteiger partial charge in [-0.1, -0.05) is 6.92 Å². The molecule has 0 spiro atoms. The highest BCUT2D eigenvalue weighted by Crippen LogP contribution is 2.24. The lowest BCUT2D eigenvalue weighted by Gasteiger charge is -2.30. The number of aromatic nitrogens is 2. The molecule has 3 heterocycles. The summed E-state index contributed by atoms with van der Waals surface area (Å²) in [7, 11) is 4.04. The molecule has 1 aromatic heterocycles. The van der Waals surface area contributed by atoms with E-state index in [0.717, 1.165) is 70.4 Å². The van der Waals surface area contributed by atoms with E-state index in [1.54, 1.807) is 0 Å². The number of hydrogen-bond donors (Lipinski definition) is 1. The third-order valence-corrected chi connectivity index (χ3v) is 5.66. The zero-order chi connectivity index (χ0) is 19.4. The quantitative estimate of drug-likeness (QED) is 0.770. The molecule has 1 saturated heterocycles. The predicted octanol–water partition coefficient (Wildman–Crippen LogP) is 1.77. The number of piperidine rings is 1. The average Bonchev–Trinajstić information content (AvgIpc) is 3.05. The Hall–Kier alpha value is -1.89. The molecule has 27 heavy (non-hydrogen) atoms. The Morgan fingerprint density at radius 3 is 2.63 bits per heavy atom. The Labute approximate surface area is 162 Å². The second-order valence-electron chi connectivity index (χ2n) is 8.23. The van der Waals surface area contributed by atoms with Crippen molar-refractivity contribution in [3.8, 4) is 0 Å². The van der Waals surface area contributed by atoms with Gasteiger partial charge in [-0.2, -0.15) is 0 Å². The lowest BCUT2D eigenvalue weighted by atomic mass is 9.98. The molecule has 0 bridgehead atoms. The summed E-state index contributed by atoms with van der Waals surface area (Å²) >= 11 is 0. The smallest absolute Gasteiger partial charge is 0.287 e. The van der Waals surface area contributed by atoms with Crippen molar-refractivity contribution in [3.63, 3.8) is 0 Å². The van der Waals surface area contributed by atoms with Crippen molar-refractivity contribution >= 4 is 11.8 Å². The van der Waals surface area contributed by atoms with Gasteiger partial charge in [0.15, 0.2) is 5.82 Å². The highest BCUT2D eigenvalue weighted by Gasteiger charge is 2.31. The topological polar surface area (TPSA) is 70.5 Å². The normalized spacial score (nSPS) is 17.9. The van der Waals surface area contributed by atoms with Crippen molar-refractivity contribution in [2.45, 2.75) is 52.0 Å². The highest BCUT2D eigenvalue weighted by atomic mass is 16.2. The van der Waals surface area contributed by atoms with E-state index in [-0.39, 0.29) is 11.8 Å². The second-order valence-corrected chi connectivity index (χ2v) is 8.23. The molecule has 0 unspecified atom stereocenters. The van der Waals surface area contributed by atoms with Crippen molar-refractivity contribution in [2.24, 2.45) is 5.92 Å². The monoisotopic (exact) mass is 375 g/mol. The Morgan fingerprint density at radius 2 is 1.93 bits per heavy atom. The maximum atomic E-state index is 13.1. The molecule has 1 N–H and O–H groups in total. The largest absolute Gasteiger partial charge is 0.349 e. The molecule has 3 rings (SSSR count). The third kappa shape index (κ3) is 4.69. The fourth-order valence-electron chi connectivity index (χ4n) is 3.93. The fraction of sp³-hybridized carbons (Fsp3) is 0.750. The van der Waals surface area contributed by atoms with Crippen LogP contribution in [0, 0.1) is 5.92 Å². The first-order valence-corrected chi connectivity index (χ1v) is 10.3. The van der Waals surface area contributed by atoms with Gasteiger partial charge in [-0.05, 0) is 65.1 Å².